The average molecular weight is 440 g/mol. The molecule has 7 nitrogen and oxygen atoms in total. The van der Waals surface area contributed by atoms with E-state index >= 15 is 0 Å². The zero-order valence-electron chi connectivity index (χ0n) is 17.9. The third-order valence-electron chi connectivity index (χ3n) is 5.21. The SMILES string of the molecule is CCOC(=O)c1cc2c(n1Cc1ccc(OC)cc1)-c1nc(NC(C)=O)sc1CCC2. The minimum atomic E-state index is -0.344. The van der Waals surface area contributed by atoms with Crippen molar-refractivity contribution in [1.29, 1.82) is 0 Å². The Morgan fingerprint density at radius 1 is 1.23 bits per heavy atom. The number of anilines is 1. The Kier molecular flexibility index (Phi) is 6.08. The van der Waals surface area contributed by atoms with Crippen LogP contribution in [0.4, 0.5) is 5.13 Å². The number of ether oxygens (including phenoxy) is 2. The normalized spacial score (nSPS) is 12.5. The van der Waals surface area contributed by atoms with Crippen LogP contribution in [0.15, 0.2) is 30.3 Å². The maximum atomic E-state index is 12.8. The van der Waals surface area contributed by atoms with Crippen LogP contribution >= 0.6 is 11.3 Å². The standard InChI is InChI=1S/C23H25N3O4S/c1-4-30-22(28)18-12-16-6-5-7-19-20(25-23(31-19)24-14(2)27)21(16)26(18)13-15-8-10-17(29-3)11-9-15/h8-12H,4-7,13H2,1-3H3,(H,24,25,27). The highest BCUT2D eigenvalue weighted by atomic mass is 32.1. The predicted molar refractivity (Wildman–Crippen MR) is 120 cm³/mol. The van der Waals surface area contributed by atoms with E-state index in [1.165, 1.54) is 18.3 Å². The minimum Gasteiger partial charge on any atom is -0.497 e. The molecule has 0 saturated carbocycles. The van der Waals surface area contributed by atoms with Gasteiger partial charge in [0.25, 0.3) is 0 Å². The lowest BCUT2D eigenvalue weighted by Gasteiger charge is -2.14. The first-order valence-electron chi connectivity index (χ1n) is 10.3. The average Bonchev–Trinajstić information content (AvgIpc) is 3.24. The van der Waals surface area contributed by atoms with Crippen LogP contribution in [0, 0.1) is 0 Å². The third-order valence-corrected chi connectivity index (χ3v) is 6.25. The molecule has 3 aromatic rings. The van der Waals surface area contributed by atoms with Gasteiger partial charge in [-0.3, -0.25) is 4.79 Å². The number of fused-ring (bicyclic) bond motifs is 3. The smallest absolute Gasteiger partial charge is 0.354 e. The molecule has 1 amide bonds. The lowest BCUT2D eigenvalue weighted by Crippen LogP contribution is -2.14. The maximum absolute atomic E-state index is 12.8. The van der Waals surface area contributed by atoms with Gasteiger partial charge >= 0.3 is 5.97 Å². The van der Waals surface area contributed by atoms with Gasteiger partial charge in [-0.05, 0) is 55.5 Å². The molecule has 1 aliphatic rings. The van der Waals surface area contributed by atoms with Crippen LogP contribution in [0.2, 0.25) is 0 Å². The Balaban J connectivity index is 1.84. The van der Waals surface area contributed by atoms with E-state index in [2.05, 4.69) is 5.32 Å². The van der Waals surface area contributed by atoms with Gasteiger partial charge in [0.2, 0.25) is 5.91 Å². The molecule has 2 heterocycles. The van der Waals surface area contributed by atoms with Crippen LogP contribution in [0.1, 0.15) is 46.8 Å². The molecule has 1 aliphatic carbocycles. The molecule has 8 heteroatoms. The first-order valence-corrected chi connectivity index (χ1v) is 11.1. The monoisotopic (exact) mass is 439 g/mol. The molecule has 31 heavy (non-hydrogen) atoms. The van der Waals surface area contributed by atoms with Crippen molar-refractivity contribution in [3.63, 3.8) is 0 Å². The number of aryl methyl sites for hydroxylation is 2. The number of hydrogen-bond donors (Lipinski definition) is 1. The summed E-state index contributed by atoms with van der Waals surface area (Å²) >= 11 is 1.50. The van der Waals surface area contributed by atoms with E-state index in [0.29, 0.717) is 24.0 Å². The van der Waals surface area contributed by atoms with Gasteiger partial charge < -0.3 is 19.4 Å². The second kappa shape index (κ2) is 8.93. The fourth-order valence-corrected chi connectivity index (χ4v) is 4.93. The molecule has 4 rings (SSSR count). The molecule has 1 N–H and O–H groups in total. The number of carbonyl (C=O) groups excluding carboxylic acids is 2. The summed E-state index contributed by atoms with van der Waals surface area (Å²) in [4.78, 5) is 30.2. The van der Waals surface area contributed by atoms with E-state index in [1.54, 1.807) is 14.0 Å². The molecule has 1 aromatic carbocycles. The summed E-state index contributed by atoms with van der Waals surface area (Å²) in [5.41, 5.74) is 4.40. The van der Waals surface area contributed by atoms with Crippen molar-refractivity contribution < 1.29 is 19.1 Å². The number of thiazole rings is 1. The lowest BCUT2D eigenvalue weighted by atomic mass is 10.1. The van der Waals surface area contributed by atoms with Crippen LogP contribution in [-0.4, -0.2) is 35.1 Å². The van der Waals surface area contributed by atoms with Crippen LogP contribution in [-0.2, 0) is 28.9 Å². The Morgan fingerprint density at radius 2 is 2.00 bits per heavy atom. The largest absolute Gasteiger partial charge is 0.497 e. The first-order chi connectivity index (χ1) is 15.0. The number of nitrogens with zero attached hydrogens (tertiary/aromatic N) is 2. The number of methoxy groups -OCH3 is 1. The van der Waals surface area contributed by atoms with E-state index in [4.69, 9.17) is 14.5 Å². The van der Waals surface area contributed by atoms with Gasteiger partial charge in [-0.15, -0.1) is 11.3 Å². The Bertz CT molecular complexity index is 1110. The van der Waals surface area contributed by atoms with Gasteiger partial charge in [-0.2, -0.15) is 0 Å². The molecule has 2 aromatic heterocycles. The molecule has 0 spiro atoms. The summed E-state index contributed by atoms with van der Waals surface area (Å²) in [6.07, 6.45) is 2.70. The van der Waals surface area contributed by atoms with Crippen molar-refractivity contribution in [2.75, 3.05) is 19.0 Å². The van der Waals surface area contributed by atoms with E-state index in [0.717, 1.165) is 52.4 Å². The summed E-state index contributed by atoms with van der Waals surface area (Å²) < 4.78 is 12.6. The number of benzene rings is 1. The number of nitrogens with one attached hydrogen (secondary N) is 1. The van der Waals surface area contributed by atoms with Gasteiger partial charge in [0.15, 0.2) is 5.13 Å². The summed E-state index contributed by atoms with van der Waals surface area (Å²) in [7, 11) is 1.64. The molecule has 0 fully saturated rings. The van der Waals surface area contributed by atoms with Crippen molar-refractivity contribution in [3.05, 3.63) is 52.0 Å². The number of amides is 1. The van der Waals surface area contributed by atoms with Crippen LogP contribution < -0.4 is 10.1 Å². The molecule has 0 atom stereocenters. The van der Waals surface area contributed by atoms with E-state index in [-0.39, 0.29) is 11.9 Å². The summed E-state index contributed by atoms with van der Waals surface area (Å²) in [6.45, 7) is 4.09. The molecule has 0 aliphatic heterocycles. The molecule has 0 bridgehead atoms. The van der Waals surface area contributed by atoms with Crippen LogP contribution in [0.25, 0.3) is 11.4 Å². The first kappa shape index (κ1) is 21.1. The van der Waals surface area contributed by atoms with Gasteiger partial charge in [0.05, 0.1) is 19.4 Å². The molecular formula is C23H25N3O4S. The Hall–Kier alpha value is -3.13. The van der Waals surface area contributed by atoms with E-state index < -0.39 is 0 Å². The quantitative estimate of drug-likeness (QED) is 0.580. The van der Waals surface area contributed by atoms with Crippen molar-refractivity contribution >= 4 is 28.3 Å². The van der Waals surface area contributed by atoms with Crippen molar-refractivity contribution in [2.45, 2.75) is 39.7 Å². The molecule has 0 saturated heterocycles. The van der Waals surface area contributed by atoms with Gasteiger partial charge in [0, 0.05) is 18.3 Å². The Morgan fingerprint density at radius 3 is 2.68 bits per heavy atom. The van der Waals surface area contributed by atoms with E-state index in [1.807, 2.05) is 34.9 Å². The van der Waals surface area contributed by atoms with Crippen molar-refractivity contribution in [2.24, 2.45) is 0 Å². The van der Waals surface area contributed by atoms with Crippen LogP contribution in [0.5, 0.6) is 5.75 Å². The lowest BCUT2D eigenvalue weighted by molar-refractivity contribution is -0.114. The topological polar surface area (TPSA) is 82.4 Å². The fraction of sp³-hybridized carbons (Fsp3) is 0.348. The van der Waals surface area contributed by atoms with Gasteiger partial charge in [-0.25, -0.2) is 9.78 Å². The zero-order valence-corrected chi connectivity index (χ0v) is 18.7. The molecule has 0 unspecified atom stereocenters. The van der Waals surface area contributed by atoms with Gasteiger partial charge in [-0.1, -0.05) is 12.1 Å². The van der Waals surface area contributed by atoms with E-state index in [9.17, 15) is 9.59 Å². The second-order valence-electron chi connectivity index (χ2n) is 7.38. The molecular weight excluding hydrogens is 414 g/mol. The fourth-order valence-electron chi connectivity index (χ4n) is 3.88. The Labute approximate surface area is 185 Å². The molecule has 162 valence electrons. The number of aromatic nitrogens is 2. The van der Waals surface area contributed by atoms with Gasteiger partial charge in [0.1, 0.15) is 17.1 Å². The summed E-state index contributed by atoms with van der Waals surface area (Å²) in [5, 5.41) is 3.38. The minimum absolute atomic E-state index is 0.148. The highest BCUT2D eigenvalue weighted by molar-refractivity contribution is 7.16. The molecule has 0 radical (unpaired) electrons. The van der Waals surface area contributed by atoms with Crippen molar-refractivity contribution in [3.8, 4) is 17.1 Å². The number of esters is 1. The maximum Gasteiger partial charge on any atom is 0.354 e. The number of carbonyl (C=O) groups is 2. The summed E-state index contributed by atoms with van der Waals surface area (Å²) in [5.74, 6) is 0.287. The predicted octanol–water partition coefficient (Wildman–Crippen LogP) is 4.29. The van der Waals surface area contributed by atoms with Crippen LogP contribution in [0.3, 0.4) is 0 Å². The zero-order chi connectivity index (χ0) is 22.0. The third kappa shape index (κ3) is 4.34. The summed E-state index contributed by atoms with van der Waals surface area (Å²) in [6, 6.07) is 9.72. The van der Waals surface area contributed by atoms with Crippen molar-refractivity contribution in [1.82, 2.24) is 9.55 Å². The highest BCUT2D eigenvalue weighted by Gasteiger charge is 2.28. The number of hydrogen-bond acceptors (Lipinski definition) is 6. The number of rotatable bonds is 6. The highest BCUT2D eigenvalue weighted by Crippen LogP contribution is 2.39. The second-order valence-corrected chi connectivity index (χ2v) is 8.47.